The summed E-state index contributed by atoms with van der Waals surface area (Å²) in [5.74, 6) is 1.05. The fourth-order valence-corrected chi connectivity index (χ4v) is 2.92. The third-order valence-corrected chi connectivity index (χ3v) is 4.37. The third kappa shape index (κ3) is 5.89. The summed E-state index contributed by atoms with van der Waals surface area (Å²) in [5.41, 5.74) is 1.61. The van der Waals surface area contributed by atoms with Gasteiger partial charge in [-0.3, -0.25) is 4.79 Å². The fourth-order valence-electron chi connectivity index (χ4n) is 2.43. The number of nitriles is 1. The molecule has 0 aliphatic carbocycles. The van der Waals surface area contributed by atoms with Crippen molar-refractivity contribution in [2.75, 3.05) is 13.2 Å². The highest BCUT2D eigenvalue weighted by Gasteiger charge is 2.17. The van der Waals surface area contributed by atoms with Crippen LogP contribution in [0.3, 0.4) is 0 Å². The molecule has 1 amide bonds. The van der Waals surface area contributed by atoms with Crippen LogP contribution in [-0.2, 0) is 6.54 Å². The largest absolute Gasteiger partial charge is 0.492 e. The van der Waals surface area contributed by atoms with Crippen molar-refractivity contribution in [2.45, 2.75) is 26.8 Å². The normalized spacial score (nSPS) is 10.4. The van der Waals surface area contributed by atoms with E-state index in [0.29, 0.717) is 37.6 Å². The monoisotopic (exact) mass is 414 g/mol. The quantitative estimate of drug-likeness (QED) is 0.607. The van der Waals surface area contributed by atoms with Gasteiger partial charge in [0, 0.05) is 18.7 Å². The average Bonchev–Trinajstić information content (AvgIpc) is 2.64. The summed E-state index contributed by atoms with van der Waals surface area (Å²) in [5, 5.41) is 8.91. The summed E-state index contributed by atoms with van der Waals surface area (Å²) in [6.45, 7) is 5.66. The molecule has 0 atom stereocenters. The molecular formula is C21H23BrN2O2. The molecule has 0 bridgehead atoms. The zero-order chi connectivity index (χ0) is 18.9. The number of carbonyl (C=O) groups excluding carboxylic acids is 1. The van der Waals surface area contributed by atoms with Crippen molar-refractivity contribution < 1.29 is 9.53 Å². The van der Waals surface area contributed by atoms with Gasteiger partial charge in [0.2, 0.25) is 0 Å². The van der Waals surface area contributed by atoms with Gasteiger partial charge in [0.25, 0.3) is 5.91 Å². The SMILES string of the molecule is CC(C)COc1ccc(C(=O)N(CCC#N)Cc2ccccc2)cc1Br. The molecule has 5 heteroatoms. The van der Waals surface area contributed by atoms with Gasteiger partial charge in [-0.1, -0.05) is 44.2 Å². The van der Waals surface area contributed by atoms with Gasteiger partial charge in [-0.2, -0.15) is 5.26 Å². The molecule has 136 valence electrons. The first-order valence-electron chi connectivity index (χ1n) is 8.63. The van der Waals surface area contributed by atoms with Crippen LogP contribution in [0.2, 0.25) is 0 Å². The molecule has 0 spiro atoms. The summed E-state index contributed by atoms with van der Waals surface area (Å²) >= 11 is 3.49. The number of carbonyl (C=O) groups is 1. The lowest BCUT2D eigenvalue weighted by Gasteiger charge is -2.22. The molecule has 0 saturated carbocycles. The second-order valence-corrected chi connectivity index (χ2v) is 7.32. The molecule has 0 radical (unpaired) electrons. The van der Waals surface area contributed by atoms with Crippen LogP contribution in [0.25, 0.3) is 0 Å². The Hall–Kier alpha value is -2.32. The Morgan fingerprint density at radius 2 is 1.96 bits per heavy atom. The van der Waals surface area contributed by atoms with Crippen LogP contribution in [0.5, 0.6) is 5.75 Å². The maximum absolute atomic E-state index is 12.9. The van der Waals surface area contributed by atoms with E-state index in [-0.39, 0.29) is 5.91 Å². The minimum Gasteiger partial charge on any atom is -0.492 e. The van der Waals surface area contributed by atoms with Crippen molar-refractivity contribution in [1.82, 2.24) is 4.90 Å². The van der Waals surface area contributed by atoms with E-state index in [0.717, 1.165) is 15.8 Å². The Morgan fingerprint density at radius 1 is 1.23 bits per heavy atom. The van der Waals surface area contributed by atoms with E-state index in [9.17, 15) is 4.79 Å². The highest BCUT2D eigenvalue weighted by atomic mass is 79.9. The lowest BCUT2D eigenvalue weighted by Crippen LogP contribution is -2.31. The standard InChI is InChI=1S/C21H23BrN2O2/c1-16(2)15-26-20-10-9-18(13-19(20)22)21(25)24(12-6-11-23)14-17-7-4-3-5-8-17/h3-5,7-10,13,16H,6,12,14-15H2,1-2H3. The fraction of sp³-hybridized carbons (Fsp3) is 0.333. The van der Waals surface area contributed by atoms with Gasteiger partial charge in [0.1, 0.15) is 5.75 Å². The molecule has 0 fully saturated rings. The van der Waals surface area contributed by atoms with Crippen molar-refractivity contribution in [3.05, 3.63) is 64.1 Å². The summed E-state index contributed by atoms with van der Waals surface area (Å²) in [4.78, 5) is 14.6. The van der Waals surface area contributed by atoms with Crippen LogP contribution in [-0.4, -0.2) is 24.0 Å². The zero-order valence-electron chi connectivity index (χ0n) is 15.1. The molecule has 0 saturated heterocycles. The maximum atomic E-state index is 12.9. The molecule has 26 heavy (non-hydrogen) atoms. The molecule has 0 aromatic heterocycles. The molecule has 0 heterocycles. The van der Waals surface area contributed by atoms with Gasteiger partial charge < -0.3 is 9.64 Å². The van der Waals surface area contributed by atoms with Gasteiger partial charge in [-0.25, -0.2) is 0 Å². The summed E-state index contributed by atoms with van der Waals surface area (Å²) < 4.78 is 6.49. The van der Waals surface area contributed by atoms with Crippen LogP contribution < -0.4 is 4.74 Å². The van der Waals surface area contributed by atoms with Gasteiger partial charge in [0.05, 0.1) is 23.6 Å². The third-order valence-electron chi connectivity index (χ3n) is 3.75. The lowest BCUT2D eigenvalue weighted by molar-refractivity contribution is 0.0746. The van der Waals surface area contributed by atoms with E-state index in [1.807, 2.05) is 36.4 Å². The summed E-state index contributed by atoms with van der Waals surface area (Å²) in [6, 6.07) is 17.3. The van der Waals surface area contributed by atoms with Gasteiger partial charge >= 0.3 is 0 Å². The van der Waals surface area contributed by atoms with Crippen molar-refractivity contribution in [3.63, 3.8) is 0 Å². The lowest BCUT2D eigenvalue weighted by atomic mass is 10.1. The van der Waals surface area contributed by atoms with Crippen LogP contribution >= 0.6 is 15.9 Å². The predicted octanol–water partition coefficient (Wildman–Crippen LogP) is 5.04. The maximum Gasteiger partial charge on any atom is 0.254 e. The number of rotatable bonds is 8. The molecule has 0 unspecified atom stereocenters. The Bertz CT molecular complexity index is 769. The van der Waals surface area contributed by atoms with Crippen LogP contribution in [0.1, 0.15) is 36.2 Å². The summed E-state index contributed by atoms with van der Waals surface area (Å²) in [7, 11) is 0. The summed E-state index contributed by atoms with van der Waals surface area (Å²) in [6.07, 6.45) is 0.301. The number of ether oxygens (including phenoxy) is 1. The Labute approximate surface area is 163 Å². The van der Waals surface area contributed by atoms with Gasteiger partial charge in [-0.15, -0.1) is 0 Å². The van der Waals surface area contributed by atoms with Crippen LogP contribution in [0, 0.1) is 17.2 Å². The number of hydrogen-bond donors (Lipinski definition) is 0. The average molecular weight is 415 g/mol. The van der Waals surface area contributed by atoms with E-state index in [2.05, 4.69) is 35.8 Å². The van der Waals surface area contributed by atoms with E-state index in [4.69, 9.17) is 10.00 Å². The first kappa shape index (κ1) is 20.0. The first-order valence-corrected chi connectivity index (χ1v) is 9.43. The molecular weight excluding hydrogens is 392 g/mol. The number of nitrogens with zero attached hydrogens (tertiary/aromatic N) is 2. The number of hydrogen-bond acceptors (Lipinski definition) is 3. The Kier molecular flexibility index (Phi) is 7.68. The van der Waals surface area contributed by atoms with E-state index in [1.165, 1.54) is 0 Å². The smallest absolute Gasteiger partial charge is 0.254 e. The van der Waals surface area contributed by atoms with Crippen molar-refractivity contribution in [3.8, 4) is 11.8 Å². The number of benzene rings is 2. The van der Waals surface area contributed by atoms with Crippen LogP contribution in [0.15, 0.2) is 53.0 Å². The second kappa shape index (κ2) is 9.98. The Balaban J connectivity index is 2.16. The molecule has 2 aromatic carbocycles. The number of amides is 1. The van der Waals surface area contributed by atoms with E-state index in [1.54, 1.807) is 17.0 Å². The highest BCUT2D eigenvalue weighted by Crippen LogP contribution is 2.27. The molecule has 0 aliphatic heterocycles. The van der Waals surface area contributed by atoms with Crippen molar-refractivity contribution in [1.29, 1.82) is 5.26 Å². The highest BCUT2D eigenvalue weighted by molar-refractivity contribution is 9.10. The molecule has 2 rings (SSSR count). The van der Waals surface area contributed by atoms with Crippen molar-refractivity contribution >= 4 is 21.8 Å². The van der Waals surface area contributed by atoms with Gasteiger partial charge in [-0.05, 0) is 45.6 Å². The molecule has 0 aliphatic rings. The van der Waals surface area contributed by atoms with Gasteiger partial charge in [0.15, 0.2) is 0 Å². The van der Waals surface area contributed by atoms with Crippen molar-refractivity contribution in [2.24, 2.45) is 5.92 Å². The first-order chi connectivity index (χ1) is 12.5. The zero-order valence-corrected chi connectivity index (χ0v) is 16.7. The minimum atomic E-state index is -0.0970. The Morgan fingerprint density at radius 3 is 2.58 bits per heavy atom. The second-order valence-electron chi connectivity index (χ2n) is 6.47. The van der Waals surface area contributed by atoms with E-state index >= 15 is 0 Å². The molecule has 2 aromatic rings. The number of halogens is 1. The van der Waals surface area contributed by atoms with Crippen LogP contribution in [0.4, 0.5) is 0 Å². The predicted molar refractivity (Wildman–Crippen MR) is 106 cm³/mol. The topological polar surface area (TPSA) is 53.3 Å². The van der Waals surface area contributed by atoms with E-state index < -0.39 is 0 Å². The molecule has 0 N–H and O–H groups in total. The minimum absolute atomic E-state index is 0.0970. The molecule has 4 nitrogen and oxygen atoms in total.